The van der Waals surface area contributed by atoms with Gasteiger partial charge in [-0.1, -0.05) is 0 Å². The van der Waals surface area contributed by atoms with Crippen molar-refractivity contribution in [2.45, 2.75) is 6.92 Å². The summed E-state index contributed by atoms with van der Waals surface area (Å²) in [5, 5.41) is 1.65. The Hall–Kier alpha value is 0.961. The first kappa shape index (κ1) is 13.5. The van der Waals surface area contributed by atoms with Crippen LogP contribution in [0.2, 0.25) is 0 Å². The first-order valence-corrected chi connectivity index (χ1v) is 2.37. The van der Waals surface area contributed by atoms with E-state index < -0.39 is 19.3 Å². The molecule has 0 aliphatic heterocycles. The van der Waals surface area contributed by atoms with Gasteiger partial charge in [0.2, 0.25) is 5.91 Å². The van der Waals surface area contributed by atoms with Crippen LogP contribution in [0.3, 0.4) is 0 Å². The molecule has 0 atom stereocenters. The third-order valence-electron chi connectivity index (χ3n) is 0.582. The first-order chi connectivity index (χ1) is 3.92. The molecule has 0 unspecified atom stereocenters. The van der Waals surface area contributed by atoms with Crippen LogP contribution in [0.1, 0.15) is 6.92 Å². The normalized spacial score (nSPS) is 10.0. The van der Waals surface area contributed by atoms with E-state index in [1.165, 1.54) is 0 Å². The number of hydrogen-bond acceptors (Lipinski definition) is 1. The predicted octanol–water partition coefficient (Wildman–Crippen LogP) is -2.49. The summed E-state index contributed by atoms with van der Waals surface area (Å²) in [6.45, 7) is -3.82. The molecule has 7 heteroatoms. The molecule has 1 amide bonds. The van der Waals surface area contributed by atoms with Crippen molar-refractivity contribution in [3.05, 3.63) is 0 Å². The summed E-state index contributed by atoms with van der Waals surface area (Å²) in [7, 11) is 0. The first-order valence-electron chi connectivity index (χ1n) is 2.37. The molecule has 0 saturated carbocycles. The molecule has 0 aromatic rings. The molecule has 1 N–H and O–H groups in total. The molecule has 0 bridgehead atoms. The predicted molar refractivity (Wildman–Crippen MR) is 27.8 cm³/mol. The second kappa shape index (κ2) is 5.59. The van der Waals surface area contributed by atoms with Crippen molar-refractivity contribution in [1.29, 1.82) is 0 Å². The zero-order valence-electron chi connectivity index (χ0n) is 5.83. The average molecular weight is 179 g/mol. The average Bonchev–Trinajstić information content (AvgIpc) is 1.59. The van der Waals surface area contributed by atoms with E-state index in [1.807, 2.05) is 0 Å². The van der Waals surface area contributed by atoms with Crippen LogP contribution in [-0.2, 0) is 4.79 Å². The minimum Gasteiger partial charge on any atom is -0.448 e. The maximum atomic E-state index is 11.3. The Morgan fingerprint density at radius 2 is 1.90 bits per heavy atom. The fourth-order valence-electron chi connectivity index (χ4n) is 0.259. The molecule has 0 saturated heterocycles. The molecule has 0 rings (SSSR count). The number of rotatable bonds is 2. The smallest absolute Gasteiger partial charge is 0.448 e. The molecule has 0 radical (unpaired) electrons. The van der Waals surface area contributed by atoms with Crippen LogP contribution in [0.5, 0.6) is 0 Å². The topological polar surface area (TPSA) is 29.1 Å². The Bertz CT molecular complexity index is 117. The van der Waals surface area contributed by atoms with E-state index in [0.717, 1.165) is 6.92 Å². The number of nitrogens with one attached hydrogen (secondary N) is 1. The largest absolute Gasteiger partial charge is 1.00 e. The molecule has 0 spiro atoms. The van der Waals surface area contributed by atoms with Crippen LogP contribution in [-0.4, -0.2) is 19.3 Å². The fraction of sp³-hybridized carbons (Fsp3) is 0.667. The number of carbonyl (C=O) groups is 1. The van der Waals surface area contributed by atoms with Gasteiger partial charge in [0.05, 0.1) is 0 Å². The maximum Gasteiger partial charge on any atom is 1.00 e. The summed E-state index contributed by atoms with van der Waals surface area (Å²) in [5.74, 6) is -0.658. The summed E-state index contributed by atoms with van der Waals surface area (Å²) in [6, 6.07) is 0. The van der Waals surface area contributed by atoms with Gasteiger partial charge in [-0.05, 0) is 6.44 Å². The van der Waals surface area contributed by atoms with Crippen LogP contribution in [0, 0.1) is 0 Å². The van der Waals surface area contributed by atoms with E-state index in [0.29, 0.717) is 0 Å². The third-order valence-corrected chi connectivity index (χ3v) is 0.582. The number of halogens is 3. The van der Waals surface area contributed by atoms with E-state index in [9.17, 15) is 17.7 Å². The molecule has 10 heavy (non-hydrogen) atoms. The quantitative estimate of drug-likeness (QED) is 0.467. The molecule has 0 heterocycles. The minimum atomic E-state index is -4.86. The zero-order chi connectivity index (χ0) is 7.49. The molecular formula is C3H6BF3KNO. The zero-order valence-corrected chi connectivity index (χ0v) is 8.95. The minimum absolute atomic E-state index is 0. The number of carbonyl (C=O) groups excluding carboxylic acids is 1. The third kappa shape index (κ3) is 11.7. The second-order valence-electron chi connectivity index (χ2n) is 1.65. The molecule has 0 fully saturated rings. The fourth-order valence-corrected chi connectivity index (χ4v) is 0.259. The molecule has 0 aliphatic carbocycles. The van der Waals surface area contributed by atoms with Crippen LogP contribution in [0.4, 0.5) is 12.9 Å². The Kier molecular flexibility index (Phi) is 7.57. The van der Waals surface area contributed by atoms with Gasteiger partial charge in [-0.25, -0.2) is 0 Å². The van der Waals surface area contributed by atoms with Crippen LogP contribution in [0.25, 0.3) is 0 Å². The van der Waals surface area contributed by atoms with Crippen molar-refractivity contribution in [1.82, 2.24) is 5.32 Å². The van der Waals surface area contributed by atoms with Gasteiger partial charge in [0, 0.05) is 6.92 Å². The van der Waals surface area contributed by atoms with E-state index in [1.54, 1.807) is 5.32 Å². The Balaban J connectivity index is 0. The molecule has 0 aromatic heterocycles. The van der Waals surface area contributed by atoms with Crippen molar-refractivity contribution in [2.24, 2.45) is 0 Å². The van der Waals surface area contributed by atoms with E-state index >= 15 is 0 Å². The van der Waals surface area contributed by atoms with E-state index in [-0.39, 0.29) is 51.4 Å². The van der Waals surface area contributed by atoms with Gasteiger partial charge >= 0.3 is 58.4 Å². The summed E-state index contributed by atoms with van der Waals surface area (Å²) in [4.78, 5) is 9.89. The summed E-state index contributed by atoms with van der Waals surface area (Å²) in [6.07, 6.45) is -1.19. The molecule has 0 aromatic carbocycles. The summed E-state index contributed by atoms with van der Waals surface area (Å²) in [5.41, 5.74) is 0. The maximum absolute atomic E-state index is 11.3. The van der Waals surface area contributed by atoms with Gasteiger partial charge in [-0.3, -0.25) is 4.79 Å². The van der Waals surface area contributed by atoms with Gasteiger partial charge in [-0.2, -0.15) is 0 Å². The number of amides is 1. The Labute approximate surface area is 99.4 Å². The van der Waals surface area contributed by atoms with Crippen molar-refractivity contribution in [2.75, 3.05) is 6.44 Å². The Morgan fingerprint density at radius 3 is 2.00 bits per heavy atom. The van der Waals surface area contributed by atoms with Crippen molar-refractivity contribution in [3.63, 3.8) is 0 Å². The monoisotopic (exact) mass is 179 g/mol. The SMILES string of the molecule is CC(=O)NC[B-](F)(F)F.[K+]. The van der Waals surface area contributed by atoms with Gasteiger partial charge in [0.25, 0.3) is 0 Å². The molecule has 2 nitrogen and oxygen atoms in total. The summed E-state index contributed by atoms with van der Waals surface area (Å²) >= 11 is 0. The molecule has 0 aliphatic rings. The van der Waals surface area contributed by atoms with Gasteiger partial charge in [-0.15, -0.1) is 0 Å². The van der Waals surface area contributed by atoms with Crippen molar-refractivity contribution in [3.8, 4) is 0 Å². The van der Waals surface area contributed by atoms with Crippen LogP contribution in [0.15, 0.2) is 0 Å². The van der Waals surface area contributed by atoms with Crippen LogP contribution < -0.4 is 56.7 Å². The van der Waals surface area contributed by atoms with Gasteiger partial charge in [0.15, 0.2) is 0 Å². The van der Waals surface area contributed by atoms with Crippen LogP contribution >= 0.6 is 0 Å². The van der Waals surface area contributed by atoms with E-state index in [2.05, 4.69) is 0 Å². The number of hydrogen-bond donors (Lipinski definition) is 1. The Morgan fingerprint density at radius 1 is 1.50 bits per heavy atom. The molecular weight excluding hydrogens is 173 g/mol. The summed E-state index contributed by atoms with van der Waals surface area (Å²) < 4.78 is 33.8. The standard InChI is InChI=1S/C3H6BF3NO.K/c1-3(9)8-2-4(5,6)7;/h2H2,1H3,(H,8,9);/q-1;+1. The van der Waals surface area contributed by atoms with Crippen molar-refractivity contribution >= 4 is 12.9 Å². The second-order valence-corrected chi connectivity index (χ2v) is 1.65. The van der Waals surface area contributed by atoms with Gasteiger partial charge < -0.3 is 18.3 Å². The van der Waals surface area contributed by atoms with E-state index in [4.69, 9.17) is 0 Å². The van der Waals surface area contributed by atoms with Gasteiger partial charge in [0.1, 0.15) is 0 Å². The molecule has 54 valence electrons. The van der Waals surface area contributed by atoms with Crippen molar-refractivity contribution < 1.29 is 69.1 Å².